The summed E-state index contributed by atoms with van der Waals surface area (Å²) in [5, 5.41) is 0.190. The van der Waals surface area contributed by atoms with Gasteiger partial charge in [-0.2, -0.15) is 0 Å². The number of anilines is 2. The van der Waals surface area contributed by atoms with Crippen LogP contribution in [-0.4, -0.2) is 42.5 Å². The van der Waals surface area contributed by atoms with Crippen LogP contribution in [-0.2, 0) is 9.84 Å². The van der Waals surface area contributed by atoms with Crippen molar-refractivity contribution in [1.29, 1.82) is 0 Å². The zero-order valence-corrected chi connectivity index (χ0v) is 10.9. The monoisotopic (exact) mass is 276 g/mol. The van der Waals surface area contributed by atoms with Gasteiger partial charge in [0, 0.05) is 12.6 Å². The van der Waals surface area contributed by atoms with E-state index in [0.29, 0.717) is 18.1 Å². The van der Waals surface area contributed by atoms with E-state index in [2.05, 4.69) is 9.97 Å². The molecule has 0 saturated carbocycles. The summed E-state index contributed by atoms with van der Waals surface area (Å²) in [6.07, 6.45) is 1.32. The highest BCUT2D eigenvalue weighted by Gasteiger charge is 2.30. The molecule has 8 heteroatoms. The maximum absolute atomic E-state index is 11.5. The summed E-state index contributed by atoms with van der Waals surface area (Å²) >= 11 is 5.82. The molecule has 1 aromatic rings. The molecule has 2 N–H and O–H groups in total. The van der Waals surface area contributed by atoms with E-state index in [1.165, 1.54) is 6.33 Å². The minimum atomic E-state index is -2.95. The molecule has 1 saturated heterocycles. The van der Waals surface area contributed by atoms with E-state index >= 15 is 0 Å². The van der Waals surface area contributed by atoms with Gasteiger partial charge in [0.2, 0.25) is 0 Å². The first-order chi connectivity index (χ1) is 7.91. The highest BCUT2D eigenvalue weighted by molar-refractivity contribution is 7.91. The Kier molecular flexibility index (Phi) is 3.13. The van der Waals surface area contributed by atoms with Gasteiger partial charge < -0.3 is 10.6 Å². The highest BCUT2D eigenvalue weighted by atomic mass is 35.5. The number of sulfone groups is 1. The fraction of sp³-hybridized carbons (Fsp3) is 0.556. The molecule has 2 rings (SSSR count). The Labute approximate surface area is 105 Å². The number of nitrogens with zero attached hydrogens (tertiary/aromatic N) is 3. The number of nitrogen functional groups attached to an aromatic ring is 1. The first-order valence-electron chi connectivity index (χ1n) is 5.14. The second-order valence-corrected chi connectivity index (χ2v) is 6.65. The molecular formula is C9H13ClN4O2S. The van der Waals surface area contributed by atoms with Crippen LogP contribution in [0.25, 0.3) is 0 Å². The van der Waals surface area contributed by atoms with Crippen LogP contribution in [0.3, 0.4) is 0 Å². The summed E-state index contributed by atoms with van der Waals surface area (Å²) in [6.45, 7) is 2.20. The van der Waals surface area contributed by atoms with E-state index in [-0.39, 0.29) is 22.7 Å². The van der Waals surface area contributed by atoms with Crippen LogP contribution in [0.5, 0.6) is 0 Å². The van der Waals surface area contributed by atoms with E-state index < -0.39 is 9.84 Å². The van der Waals surface area contributed by atoms with Crippen LogP contribution < -0.4 is 10.6 Å². The van der Waals surface area contributed by atoms with Gasteiger partial charge in [-0.05, 0) is 6.92 Å². The summed E-state index contributed by atoms with van der Waals surface area (Å²) in [4.78, 5) is 9.69. The lowest BCUT2D eigenvalue weighted by molar-refractivity contribution is 0.567. The Balaban J connectivity index is 2.33. The van der Waals surface area contributed by atoms with Gasteiger partial charge in [0.05, 0.1) is 11.5 Å². The average Bonchev–Trinajstić information content (AvgIpc) is 2.22. The Morgan fingerprint density at radius 2 is 2.24 bits per heavy atom. The third-order valence-corrected chi connectivity index (χ3v) is 4.85. The van der Waals surface area contributed by atoms with Gasteiger partial charge in [0.1, 0.15) is 12.0 Å². The van der Waals surface area contributed by atoms with Crippen molar-refractivity contribution >= 4 is 32.9 Å². The van der Waals surface area contributed by atoms with Crippen LogP contribution in [0.15, 0.2) is 6.33 Å². The van der Waals surface area contributed by atoms with Crippen molar-refractivity contribution in [3.05, 3.63) is 11.5 Å². The average molecular weight is 277 g/mol. The zero-order valence-electron chi connectivity index (χ0n) is 9.30. The van der Waals surface area contributed by atoms with E-state index in [1.54, 1.807) is 0 Å². The third-order valence-electron chi connectivity index (χ3n) is 2.76. The molecule has 0 aliphatic carbocycles. The smallest absolute Gasteiger partial charge is 0.157 e. The minimum absolute atomic E-state index is 0.105. The Morgan fingerprint density at radius 3 is 2.88 bits per heavy atom. The van der Waals surface area contributed by atoms with Crippen molar-refractivity contribution in [2.75, 3.05) is 28.7 Å². The minimum Gasteiger partial charge on any atom is -0.393 e. The van der Waals surface area contributed by atoms with Crippen LogP contribution >= 0.6 is 11.6 Å². The number of aromatic nitrogens is 2. The molecule has 6 nitrogen and oxygen atoms in total. The molecule has 0 bridgehead atoms. The van der Waals surface area contributed by atoms with Crippen molar-refractivity contribution < 1.29 is 8.42 Å². The molecule has 94 valence electrons. The van der Waals surface area contributed by atoms with Crippen molar-refractivity contribution in [2.45, 2.75) is 13.0 Å². The van der Waals surface area contributed by atoms with Gasteiger partial charge in [-0.1, -0.05) is 11.6 Å². The molecule has 0 radical (unpaired) electrons. The molecule has 17 heavy (non-hydrogen) atoms. The van der Waals surface area contributed by atoms with Crippen molar-refractivity contribution in [1.82, 2.24) is 9.97 Å². The lowest BCUT2D eigenvalue weighted by Gasteiger charge is -2.34. The second-order valence-electron chi connectivity index (χ2n) is 4.06. The van der Waals surface area contributed by atoms with Crippen molar-refractivity contribution in [2.24, 2.45) is 0 Å². The van der Waals surface area contributed by atoms with Gasteiger partial charge >= 0.3 is 0 Å². The van der Waals surface area contributed by atoms with Gasteiger partial charge in [-0.3, -0.25) is 0 Å². The molecule has 0 aromatic carbocycles. The first-order valence-corrected chi connectivity index (χ1v) is 7.33. The fourth-order valence-electron chi connectivity index (χ4n) is 1.91. The molecule has 2 heterocycles. The second kappa shape index (κ2) is 4.30. The standard InChI is InChI=1S/C9H13ClN4O2S/c1-6-4-17(15,16)3-2-14(6)9-7(11)8(10)12-5-13-9/h5-6H,2-4,11H2,1H3. The SMILES string of the molecule is CC1CS(=O)(=O)CCN1c1ncnc(Cl)c1N. The Hall–Kier alpha value is -1.08. The summed E-state index contributed by atoms with van der Waals surface area (Å²) in [6, 6.07) is -0.165. The largest absolute Gasteiger partial charge is 0.393 e. The van der Waals surface area contributed by atoms with Gasteiger partial charge in [0.25, 0.3) is 0 Å². The van der Waals surface area contributed by atoms with E-state index in [0.717, 1.165) is 0 Å². The molecule has 1 atom stereocenters. The molecule has 1 aromatic heterocycles. The molecule has 1 aliphatic heterocycles. The number of hydrogen-bond acceptors (Lipinski definition) is 6. The molecule has 0 spiro atoms. The predicted octanol–water partition coefficient (Wildman–Crippen LogP) is 0.336. The van der Waals surface area contributed by atoms with Crippen LogP contribution in [0.1, 0.15) is 6.92 Å². The summed E-state index contributed by atoms with van der Waals surface area (Å²) < 4.78 is 22.9. The maximum Gasteiger partial charge on any atom is 0.157 e. The maximum atomic E-state index is 11.5. The third kappa shape index (κ3) is 2.44. The van der Waals surface area contributed by atoms with Gasteiger partial charge in [0.15, 0.2) is 20.8 Å². The number of rotatable bonds is 1. The zero-order chi connectivity index (χ0) is 12.6. The lowest BCUT2D eigenvalue weighted by Crippen LogP contribution is -2.47. The molecule has 1 unspecified atom stereocenters. The topological polar surface area (TPSA) is 89.2 Å². The van der Waals surface area contributed by atoms with Crippen molar-refractivity contribution in [3.8, 4) is 0 Å². The summed E-state index contributed by atoms with van der Waals surface area (Å²) in [7, 11) is -2.95. The summed E-state index contributed by atoms with van der Waals surface area (Å²) in [5.74, 6) is 0.722. The van der Waals surface area contributed by atoms with Crippen LogP contribution in [0.4, 0.5) is 11.5 Å². The van der Waals surface area contributed by atoms with E-state index in [4.69, 9.17) is 17.3 Å². The summed E-state index contributed by atoms with van der Waals surface area (Å²) in [5.41, 5.74) is 6.09. The Morgan fingerprint density at radius 1 is 1.53 bits per heavy atom. The van der Waals surface area contributed by atoms with E-state index in [1.807, 2.05) is 11.8 Å². The van der Waals surface area contributed by atoms with E-state index in [9.17, 15) is 8.42 Å². The van der Waals surface area contributed by atoms with Gasteiger partial charge in [-0.25, -0.2) is 18.4 Å². The highest BCUT2D eigenvalue weighted by Crippen LogP contribution is 2.28. The molecular weight excluding hydrogens is 264 g/mol. The van der Waals surface area contributed by atoms with Crippen LogP contribution in [0, 0.1) is 0 Å². The van der Waals surface area contributed by atoms with Gasteiger partial charge in [-0.15, -0.1) is 0 Å². The van der Waals surface area contributed by atoms with Crippen LogP contribution in [0.2, 0.25) is 5.15 Å². The van der Waals surface area contributed by atoms with Crippen molar-refractivity contribution in [3.63, 3.8) is 0 Å². The number of nitrogens with two attached hydrogens (primary N) is 1. The lowest BCUT2D eigenvalue weighted by atomic mass is 10.3. The fourth-order valence-corrected chi connectivity index (χ4v) is 3.59. The Bertz CT molecular complexity index is 534. The number of hydrogen-bond donors (Lipinski definition) is 1. The predicted molar refractivity (Wildman–Crippen MR) is 66.9 cm³/mol. The molecule has 1 aliphatic rings. The quantitative estimate of drug-likeness (QED) is 0.744. The number of halogens is 1. The molecule has 0 amide bonds. The normalized spacial score (nSPS) is 23.6. The molecule has 1 fully saturated rings. The first kappa shape index (κ1) is 12.4.